The van der Waals surface area contributed by atoms with Gasteiger partial charge in [-0.2, -0.15) is 0 Å². The van der Waals surface area contributed by atoms with Crippen LogP contribution < -0.4 is 9.62 Å². The molecule has 38 heavy (non-hydrogen) atoms. The third kappa shape index (κ3) is 6.68. The molecule has 2 aromatic rings. The van der Waals surface area contributed by atoms with E-state index in [0.29, 0.717) is 17.4 Å². The van der Waals surface area contributed by atoms with E-state index in [2.05, 4.69) is 73.3 Å². The molecule has 0 bridgehead atoms. The van der Waals surface area contributed by atoms with E-state index < -0.39 is 10.0 Å². The van der Waals surface area contributed by atoms with Crippen molar-refractivity contribution >= 4 is 15.7 Å². The van der Waals surface area contributed by atoms with Crippen molar-refractivity contribution in [3.8, 4) is 0 Å². The first-order valence-electron chi connectivity index (χ1n) is 14.2. The molecule has 1 N–H and O–H groups in total. The zero-order chi connectivity index (χ0) is 27.0. The van der Waals surface area contributed by atoms with Gasteiger partial charge in [0.15, 0.2) is 0 Å². The van der Waals surface area contributed by atoms with Gasteiger partial charge in [0.05, 0.1) is 10.6 Å². The summed E-state index contributed by atoms with van der Waals surface area (Å²) in [6.07, 6.45) is 22.0. The van der Waals surface area contributed by atoms with E-state index in [9.17, 15) is 8.42 Å². The predicted molar refractivity (Wildman–Crippen MR) is 160 cm³/mol. The first kappa shape index (κ1) is 28.4. The highest BCUT2D eigenvalue weighted by atomic mass is 32.2. The lowest BCUT2D eigenvalue weighted by molar-refractivity contribution is 0.516. The number of likely N-dealkylation sites (N-methyl/N-ethyl adjacent to an activating group) is 1. The quantitative estimate of drug-likeness (QED) is 0.316. The number of sulfonamides is 1. The van der Waals surface area contributed by atoms with Crippen LogP contribution in [-0.4, -0.2) is 28.6 Å². The minimum atomic E-state index is -3.67. The number of unbranched alkanes of at least 4 members (excludes halogenated alkanes) is 1. The van der Waals surface area contributed by atoms with Gasteiger partial charge in [-0.1, -0.05) is 86.6 Å². The molecule has 1 heterocycles. The molecule has 0 spiro atoms. The van der Waals surface area contributed by atoms with Crippen LogP contribution in [0.25, 0.3) is 0 Å². The van der Waals surface area contributed by atoms with Gasteiger partial charge < -0.3 is 5.32 Å². The van der Waals surface area contributed by atoms with E-state index in [1.54, 1.807) is 4.31 Å². The molecule has 0 aromatic heterocycles. The van der Waals surface area contributed by atoms with Gasteiger partial charge in [0.25, 0.3) is 10.0 Å². The lowest BCUT2D eigenvalue weighted by Crippen LogP contribution is -2.36. The Morgan fingerprint density at radius 3 is 2.68 bits per heavy atom. The van der Waals surface area contributed by atoms with Gasteiger partial charge in [0.2, 0.25) is 0 Å². The van der Waals surface area contributed by atoms with E-state index in [1.807, 2.05) is 32.2 Å². The molecular weight excluding hydrogens is 488 g/mol. The van der Waals surface area contributed by atoms with Crippen molar-refractivity contribution < 1.29 is 8.42 Å². The fourth-order valence-electron chi connectivity index (χ4n) is 5.75. The van der Waals surface area contributed by atoms with Crippen molar-refractivity contribution in [2.24, 2.45) is 5.92 Å². The molecule has 1 aliphatic carbocycles. The van der Waals surface area contributed by atoms with E-state index in [0.717, 1.165) is 79.4 Å². The maximum absolute atomic E-state index is 14.1. The van der Waals surface area contributed by atoms with E-state index in [-0.39, 0.29) is 5.92 Å². The second-order valence-electron chi connectivity index (χ2n) is 10.5. The Bertz CT molecular complexity index is 1260. The summed E-state index contributed by atoms with van der Waals surface area (Å²) < 4.78 is 30.0. The van der Waals surface area contributed by atoms with Crippen molar-refractivity contribution in [3.05, 3.63) is 102 Å². The maximum Gasteiger partial charge on any atom is 0.264 e. The summed E-state index contributed by atoms with van der Waals surface area (Å²) in [7, 11) is -1.69. The Morgan fingerprint density at radius 1 is 1.05 bits per heavy atom. The molecule has 0 fully saturated rings. The summed E-state index contributed by atoms with van der Waals surface area (Å²) in [5.41, 5.74) is 5.07. The van der Waals surface area contributed by atoms with Gasteiger partial charge >= 0.3 is 0 Å². The summed E-state index contributed by atoms with van der Waals surface area (Å²) in [5.74, 6) is 0.740. The third-order valence-electron chi connectivity index (χ3n) is 7.84. The monoisotopic (exact) mass is 531 g/mol. The van der Waals surface area contributed by atoms with Crippen LogP contribution in [0.3, 0.4) is 0 Å². The van der Waals surface area contributed by atoms with Crippen molar-refractivity contribution in [2.45, 2.75) is 69.6 Å². The number of hydrogen-bond donors (Lipinski definition) is 1. The van der Waals surface area contributed by atoms with Gasteiger partial charge in [-0.05, 0) is 92.7 Å². The third-order valence-corrected chi connectivity index (χ3v) is 9.79. The number of rotatable bonds is 11. The molecule has 0 saturated carbocycles. The lowest BCUT2D eigenvalue weighted by atomic mass is 9.90. The molecule has 5 heteroatoms. The van der Waals surface area contributed by atoms with Crippen LogP contribution in [-0.2, 0) is 22.9 Å². The van der Waals surface area contributed by atoms with Crippen molar-refractivity contribution in [2.75, 3.05) is 24.4 Å². The summed E-state index contributed by atoms with van der Waals surface area (Å²) >= 11 is 0. The van der Waals surface area contributed by atoms with Crippen LogP contribution >= 0.6 is 0 Å². The molecule has 1 aliphatic heterocycles. The van der Waals surface area contributed by atoms with Crippen molar-refractivity contribution in [1.82, 2.24) is 5.32 Å². The van der Waals surface area contributed by atoms with E-state index >= 15 is 0 Å². The molecule has 1 radical (unpaired) electrons. The summed E-state index contributed by atoms with van der Waals surface area (Å²) in [6, 6.07) is 12.3. The Hall–Kier alpha value is -2.63. The van der Waals surface area contributed by atoms with Gasteiger partial charge in [0, 0.05) is 13.1 Å². The van der Waals surface area contributed by atoms with Crippen LogP contribution in [0.4, 0.5) is 5.69 Å². The average molecular weight is 532 g/mol. The number of allylic oxidation sites excluding steroid dienone is 6. The van der Waals surface area contributed by atoms with Crippen LogP contribution in [0.5, 0.6) is 0 Å². The molecule has 0 saturated heterocycles. The molecule has 4 nitrogen and oxygen atoms in total. The fourth-order valence-corrected chi connectivity index (χ4v) is 7.59. The highest BCUT2D eigenvalue weighted by molar-refractivity contribution is 7.92. The summed E-state index contributed by atoms with van der Waals surface area (Å²) in [6.45, 7) is 5.39. The molecule has 0 amide bonds. The minimum Gasteiger partial charge on any atom is -0.319 e. The molecule has 4 rings (SSSR count). The predicted octanol–water partition coefficient (Wildman–Crippen LogP) is 7.07. The fraction of sp³-hybridized carbons (Fsp3) is 0.424. The Balaban J connectivity index is 1.52. The number of nitrogens with zero attached hydrogens (tertiary/aromatic N) is 1. The van der Waals surface area contributed by atoms with Crippen molar-refractivity contribution in [1.29, 1.82) is 0 Å². The van der Waals surface area contributed by atoms with Gasteiger partial charge in [0.1, 0.15) is 0 Å². The largest absolute Gasteiger partial charge is 0.319 e. The number of anilines is 1. The number of nitrogens with one attached hydrogen (secondary N) is 1. The van der Waals surface area contributed by atoms with E-state index in [1.165, 1.54) is 0 Å². The van der Waals surface area contributed by atoms with Crippen LogP contribution in [0.2, 0.25) is 0 Å². The SMILES string of the molecule is CCc1cccc2c1N(S(=O)(=O)c1cc(C(CCCCC3[CH]\C=C/C=C\C=C/3)CNC)ccc1C)CCC2. The molecular formula is C33H43N2O2S. The molecule has 2 aliphatic rings. The first-order chi connectivity index (χ1) is 18.5. The normalized spacial score (nSPS) is 20.7. The lowest BCUT2D eigenvalue weighted by Gasteiger charge is -2.33. The van der Waals surface area contributed by atoms with Gasteiger partial charge in [-0.15, -0.1) is 0 Å². The molecule has 2 aromatic carbocycles. The van der Waals surface area contributed by atoms with Gasteiger partial charge in [-0.25, -0.2) is 8.42 Å². The molecule has 203 valence electrons. The Morgan fingerprint density at radius 2 is 1.87 bits per heavy atom. The second kappa shape index (κ2) is 13.4. The van der Waals surface area contributed by atoms with E-state index in [4.69, 9.17) is 0 Å². The number of fused-ring (bicyclic) bond motifs is 1. The van der Waals surface area contributed by atoms with Crippen LogP contribution in [0.1, 0.15) is 67.2 Å². The zero-order valence-electron chi connectivity index (χ0n) is 23.2. The minimum absolute atomic E-state index is 0.272. The first-order valence-corrected chi connectivity index (χ1v) is 15.6. The highest BCUT2D eigenvalue weighted by Crippen LogP contribution is 2.37. The zero-order valence-corrected chi connectivity index (χ0v) is 24.0. The Labute approximate surface area is 230 Å². The average Bonchev–Trinajstić information content (AvgIpc) is 2.90. The molecule has 2 unspecified atom stereocenters. The van der Waals surface area contributed by atoms with Gasteiger partial charge in [-0.3, -0.25) is 4.31 Å². The molecule has 2 atom stereocenters. The maximum atomic E-state index is 14.1. The number of benzene rings is 2. The number of para-hydroxylation sites is 1. The van der Waals surface area contributed by atoms with Crippen LogP contribution in [0.15, 0.2) is 77.7 Å². The van der Waals surface area contributed by atoms with Crippen LogP contribution in [0, 0.1) is 19.3 Å². The summed E-state index contributed by atoms with van der Waals surface area (Å²) in [5, 5.41) is 3.34. The topological polar surface area (TPSA) is 49.4 Å². The Kier molecular flexibility index (Phi) is 10.0. The highest BCUT2D eigenvalue weighted by Gasteiger charge is 2.32. The standard InChI is InChI=1S/C33H43N2O2S/c1-4-28-18-12-19-29-20-13-23-35(33(28)29)38(36,37)32-24-30(22-21-26(32)2)31(25-34-3)17-11-10-16-27-14-8-6-5-7-9-15-27/h5-9,12,14-15,18-19,21-22,24,27,31,34H,4,10-11,13,16-17,20,23,25H2,1-3H3/b6-5-,9-7-,14-8-. The summed E-state index contributed by atoms with van der Waals surface area (Å²) in [4.78, 5) is 0.448. The smallest absolute Gasteiger partial charge is 0.264 e. The number of hydrogen-bond acceptors (Lipinski definition) is 3. The number of aryl methyl sites for hydroxylation is 3. The van der Waals surface area contributed by atoms with Crippen molar-refractivity contribution in [3.63, 3.8) is 0 Å². The second-order valence-corrected chi connectivity index (χ2v) is 12.4.